The lowest BCUT2D eigenvalue weighted by atomic mass is 9.93. The van der Waals surface area contributed by atoms with Gasteiger partial charge in [0.05, 0.1) is 22.9 Å². The van der Waals surface area contributed by atoms with Crippen molar-refractivity contribution < 1.29 is 9.59 Å². The van der Waals surface area contributed by atoms with E-state index in [1.807, 2.05) is 6.07 Å². The van der Waals surface area contributed by atoms with E-state index in [0.29, 0.717) is 19.0 Å². The smallest absolute Gasteiger partial charge is 0.328 e. The monoisotopic (exact) mass is 312 g/mol. The van der Waals surface area contributed by atoms with Crippen molar-refractivity contribution in [3.63, 3.8) is 0 Å². The molecule has 4 rings (SSSR count). The van der Waals surface area contributed by atoms with Crippen molar-refractivity contribution in [2.45, 2.75) is 45.1 Å². The molecule has 6 heteroatoms. The number of aromatic nitrogens is 2. The quantitative estimate of drug-likeness (QED) is 0.947. The topological polar surface area (TPSA) is 67.2 Å². The molecule has 0 unspecified atom stereocenters. The van der Waals surface area contributed by atoms with Gasteiger partial charge in [-0.05, 0) is 37.3 Å². The van der Waals surface area contributed by atoms with Gasteiger partial charge >= 0.3 is 6.03 Å². The molecule has 120 valence electrons. The Morgan fingerprint density at radius 2 is 2.17 bits per heavy atom. The number of amides is 3. The minimum atomic E-state index is -0.361. The molecule has 1 saturated carbocycles. The number of aryl methyl sites for hydroxylation is 1. The summed E-state index contributed by atoms with van der Waals surface area (Å²) in [6, 6.07) is 2.22. The number of hydrogen-bond acceptors (Lipinski definition) is 3. The average Bonchev–Trinajstić information content (AvgIpc) is 2.83. The Hall–Kier alpha value is -2.37. The Bertz CT molecular complexity index is 791. The summed E-state index contributed by atoms with van der Waals surface area (Å²) in [6.45, 7) is 2.54. The molecule has 3 heterocycles. The number of nitrogens with zero attached hydrogens (tertiary/aromatic N) is 3. The summed E-state index contributed by atoms with van der Waals surface area (Å²) in [7, 11) is 0. The molecule has 6 nitrogen and oxygen atoms in total. The largest absolute Gasteiger partial charge is 0.343 e. The van der Waals surface area contributed by atoms with E-state index in [9.17, 15) is 9.59 Å². The van der Waals surface area contributed by atoms with E-state index in [2.05, 4.69) is 28.0 Å². The first kappa shape index (κ1) is 14.2. The van der Waals surface area contributed by atoms with Crippen molar-refractivity contribution in [3.8, 4) is 0 Å². The molecule has 1 aliphatic heterocycles. The highest BCUT2D eigenvalue weighted by atomic mass is 16.2. The molecule has 2 aromatic heterocycles. The van der Waals surface area contributed by atoms with Gasteiger partial charge in [0, 0.05) is 25.2 Å². The molecule has 0 bridgehead atoms. The van der Waals surface area contributed by atoms with E-state index in [1.54, 1.807) is 11.1 Å². The van der Waals surface area contributed by atoms with Crippen molar-refractivity contribution in [2.75, 3.05) is 11.4 Å². The Balaban J connectivity index is 1.77. The van der Waals surface area contributed by atoms with Crippen molar-refractivity contribution in [3.05, 3.63) is 24.0 Å². The highest BCUT2D eigenvalue weighted by Crippen LogP contribution is 2.36. The van der Waals surface area contributed by atoms with Crippen molar-refractivity contribution >= 4 is 28.7 Å². The fourth-order valence-electron chi connectivity index (χ4n) is 3.37. The standard InChI is InChI=1S/C17H20N4O2/c1-2-11-10-21(12-4-3-5-12)14-8-13(9-18-16(11)14)20-7-6-15(22)19-17(20)23/h8-10,12H,2-7H2,1H3,(H,19,22,23). The van der Waals surface area contributed by atoms with Crippen LogP contribution in [-0.2, 0) is 11.2 Å². The third kappa shape index (κ3) is 2.29. The maximum absolute atomic E-state index is 12.0. The van der Waals surface area contributed by atoms with Crippen LogP contribution in [0.1, 0.15) is 44.2 Å². The Labute approximate surface area is 134 Å². The summed E-state index contributed by atoms with van der Waals surface area (Å²) in [6.07, 6.45) is 8.91. The van der Waals surface area contributed by atoms with Gasteiger partial charge in [-0.25, -0.2) is 4.79 Å². The number of hydrogen-bond donors (Lipinski definition) is 1. The molecule has 3 amide bonds. The molecule has 2 fully saturated rings. The summed E-state index contributed by atoms with van der Waals surface area (Å²) in [5, 5.41) is 2.37. The van der Waals surface area contributed by atoms with Crippen LogP contribution in [0.25, 0.3) is 11.0 Å². The molecule has 2 aliphatic rings. The van der Waals surface area contributed by atoms with E-state index in [1.165, 1.54) is 24.8 Å². The van der Waals surface area contributed by atoms with Crippen LogP contribution in [0.2, 0.25) is 0 Å². The van der Waals surface area contributed by atoms with E-state index in [-0.39, 0.29) is 11.9 Å². The number of pyridine rings is 1. The lowest BCUT2D eigenvalue weighted by Crippen LogP contribution is -2.49. The normalized spacial score (nSPS) is 19.1. The molecule has 1 N–H and O–H groups in total. The lowest BCUT2D eigenvalue weighted by molar-refractivity contribution is -0.120. The minimum absolute atomic E-state index is 0.216. The summed E-state index contributed by atoms with van der Waals surface area (Å²) >= 11 is 0. The van der Waals surface area contributed by atoms with Crippen molar-refractivity contribution in [2.24, 2.45) is 0 Å². The van der Waals surface area contributed by atoms with E-state index < -0.39 is 0 Å². The van der Waals surface area contributed by atoms with Crippen LogP contribution in [0, 0.1) is 0 Å². The predicted molar refractivity (Wildman–Crippen MR) is 87.5 cm³/mol. The zero-order chi connectivity index (χ0) is 16.0. The van der Waals surface area contributed by atoms with Crippen LogP contribution in [0.15, 0.2) is 18.5 Å². The van der Waals surface area contributed by atoms with Gasteiger partial charge in [-0.1, -0.05) is 6.92 Å². The molecule has 0 aromatic carbocycles. The van der Waals surface area contributed by atoms with Crippen LogP contribution < -0.4 is 10.2 Å². The third-order valence-corrected chi connectivity index (χ3v) is 4.95. The van der Waals surface area contributed by atoms with Gasteiger partial charge in [-0.3, -0.25) is 20.0 Å². The van der Waals surface area contributed by atoms with Crippen LogP contribution in [-0.4, -0.2) is 28.0 Å². The predicted octanol–water partition coefficient (Wildman–Crippen LogP) is 2.77. The number of nitrogens with one attached hydrogen (secondary N) is 1. The first-order chi connectivity index (χ1) is 11.2. The van der Waals surface area contributed by atoms with Gasteiger partial charge in [0.1, 0.15) is 0 Å². The summed E-state index contributed by atoms with van der Waals surface area (Å²) < 4.78 is 2.32. The van der Waals surface area contributed by atoms with Gasteiger partial charge in [0.2, 0.25) is 5.91 Å². The zero-order valence-electron chi connectivity index (χ0n) is 13.2. The van der Waals surface area contributed by atoms with Crippen molar-refractivity contribution in [1.29, 1.82) is 0 Å². The minimum Gasteiger partial charge on any atom is -0.343 e. The molecule has 23 heavy (non-hydrogen) atoms. The SMILES string of the molecule is CCc1cn(C2CCC2)c2cc(N3CCC(=O)NC3=O)cnc12. The summed E-state index contributed by atoms with van der Waals surface area (Å²) in [4.78, 5) is 29.6. The number of rotatable bonds is 3. The molecular weight excluding hydrogens is 292 g/mol. The van der Waals surface area contributed by atoms with Crippen LogP contribution >= 0.6 is 0 Å². The molecule has 1 saturated heterocycles. The fourth-order valence-corrected chi connectivity index (χ4v) is 3.37. The second-order valence-electron chi connectivity index (χ2n) is 6.32. The number of fused-ring (bicyclic) bond motifs is 1. The number of imide groups is 1. The first-order valence-electron chi connectivity index (χ1n) is 8.28. The second-order valence-corrected chi connectivity index (χ2v) is 6.32. The number of carbonyl (C=O) groups excluding carboxylic acids is 2. The lowest BCUT2D eigenvalue weighted by Gasteiger charge is -2.29. The number of carbonyl (C=O) groups is 2. The number of urea groups is 1. The van der Waals surface area contributed by atoms with E-state index >= 15 is 0 Å². The zero-order valence-corrected chi connectivity index (χ0v) is 13.2. The van der Waals surface area contributed by atoms with Crippen LogP contribution in [0.3, 0.4) is 0 Å². The van der Waals surface area contributed by atoms with Crippen LogP contribution in [0.4, 0.5) is 10.5 Å². The van der Waals surface area contributed by atoms with Gasteiger partial charge in [-0.2, -0.15) is 0 Å². The third-order valence-electron chi connectivity index (χ3n) is 4.95. The number of anilines is 1. The average molecular weight is 312 g/mol. The Morgan fingerprint density at radius 1 is 1.35 bits per heavy atom. The van der Waals surface area contributed by atoms with Gasteiger partial charge < -0.3 is 4.57 Å². The molecule has 2 aromatic rings. The van der Waals surface area contributed by atoms with Gasteiger partial charge in [0.15, 0.2) is 0 Å². The second kappa shape index (κ2) is 5.37. The molecule has 0 atom stereocenters. The molecular formula is C17H20N4O2. The molecule has 0 radical (unpaired) electrons. The van der Waals surface area contributed by atoms with E-state index in [0.717, 1.165) is 23.1 Å². The summed E-state index contributed by atoms with van der Waals surface area (Å²) in [5.41, 5.74) is 4.12. The van der Waals surface area contributed by atoms with Gasteiger partial charge in [0.25, 0.3) is 0 Å². The Morgan fingerprint density at radius 3 is 2.83 bits per heavy atom. The first-order valence-corrected chi connectivity index (χ1v) is 8.28. The highest BCUT2D eigenvalue weighted by molar-refractivity contribution is 6.06. The maximum atomic E-state index is 12.0. The van der Waals surface area contributed by atoms with Crippen molar-refractivity contribution in [1.82, 2.24) is 14.9 Å². The summed E-state index contributed by atoms with van der Waals surface area (Å²) in [5.74, 6) is -0.216. The fraction of sp³-hybridized carbons (Fsp3) is 0.471. The maximum Gasteiger partial charge on any atom is 0.328 e. The van der Waals surface area contributed by atoms with Gasteiger partial charge in [-0.15, -0.1) is 0 Å². The Kier molecular flexibility index (Phi) is 3.32. The molecule has 0 spiro atoms. The molecule has 1 aliphatic carbocycles. The van der Waals surface area contributed by atoms with E-state index in [4.69, 9.17) is 0 Å². The highest BCUT2D eigenvalue weighted by Gasteiger charge is 2.26. The van der Waals surface area contributed by atoms with Crippen LogP contribution in [0.5, 0.6) is 0 Å².